The Balaban J connectivity index is 1.45. The number of anilines is 1. The molecule has 7 nitrogen and oxygen atoms in total. The molecule has 5 rings (SSSR count). The van der Waals surface area contributed by atoms with E-state index >= 15 is 0 Å². The van der Waals surface area contributed by atoms with Crippen LogP contribution in [0.2, 0.25) is 0 Å². The van der Waals surface area contributed by atoms with E-state index in [4.69, 9.17) is 4.42 Å². The minimum atomic E-state index is -0.197. The summed E-state index contributed by atoms with van der Waals surface area (Å²) in [5.41, 5.74) is 1.50. The van der Waals surface area contributed by atoms with Crippen LogP contribution in [0.1, 0.15) is 37.4 Å². The maximum Gasteiger partial charge on any atom is 0.176 e. The van der Waals surface area contributed by atoms with Crippen molar-refractivity contribution in [2.24, 2.45) is 0 Å². The lowest BCUT2D eigenvalue weighted by atomic mass is 10.1. The summed E-state index contributed by atoms with van der Waals surface area (Å²) in [6, 6.07) is 16.9. The normalized spacial score (nSPS) is 16.0. The molecule has 1 unspecified atom stereocenters. The Bertz CT molecular complexity index is 1150. The zero-order valence-corrected chi connectivity index (χ0v) is 18.2. The van der Waals surface area contributed by atoms with Crippen molar-refractivity contribution in [1.29, 1.82) is 0 Å². The molecule has 0 bridgehead atoms. The third-order valence-electron chi connectivity index (χ3n) is 6.11. The van der Waals surface area contributed by atoms with Crippen molar-refractivity contribution in [3.05, 3.63) is 72.0 Å². The predicted octanol–water partition coefficient (Wildman–Crippen LogP) is 4.27. The van der Waals surface area contributed by atoms with Crippen molar-refractivity contribution in [2.45, 2.75) is 32.4 Å². The minimum absolute atomic E-state index is 0.182. The number of fused-ring (bicyclic) bond motifs is 1. The summed E-state index contributed by atoms with van der Waals surface area (Å²) in [6.45, 7) is 5.85. The second-order valence-corrected chi connectivity index (χ2v) is 8.18. The van der Waals surface area contributed by atoms with Gasteiger partial charge >= 0.3 is 0 Å². The molecule has 0 N–H and O–H groups in total. The summed E-state index contributed by atoms with van der Waals surface area (Å²) < 4.78 is 22.5. The highest BCUT2D eigenvalue weighted by Crippen LogP contribution is 2.33. The summed E-state index contributed by atoms with van der Waals surface area (Å²) in [5.74, 6) is 1.44. The van der Waals surface area contributed by atoms with E-state index in [1.165, 1.54) is 6.07 Å². The van der Waals surface area contributed by atoms with Gasteiger partial charge in [0.25, 0.3) is 0 Å². The summed E-state index contributed by atoms with van der Waals surface area (Å²) in [5, 5.41) is 13.7. The highest BCUT2D eigenvalue weighted by Gasteiger charge is 2.33. The Morgan fingerprint density at radius 1 is 1.03 bits per heavy atom. The number of aryl methyl sites for hydroxylation is 1. The van der Waals surface area contributed by atoms with Crippen LogP contribution in [0.4, 0.5) is 10.1 Å². The van der Waals surface area contributed by atoms with E-state index in [1.54, 1.807) is 6.07 Å². The third-order valence-corrected chi connectivity index (χ3v) is 6.11. The van der Waals surface area contributed by atoms with Crippen molar-refractivity contribution in [3.63, 3.8) is 0 Å². The first-order chi connectivity index (χ1) is 15.7. The van der Waals surface area contributed by atoms with Gasteiger partial charge in [-0.15, -0.1) is 5.10 Å². The number of para-hydroxylation sites is 2. The van der Waals surface area contributed by atoms with E-state index in [9.17, 15) is 4.39 Å². The summed E-state index contributed by atoms with van der Waals surface area (Å²) >= 11 is 0. The Morgan fingerprint density at radius 2 is 1.81 bits per heavy atom. The lowest BCUT2D eigenvalue weighted by molar-refractivity contribution is 0.182. The van der Waals surface area contributed by atoms with Crippen molar-refractivity contribution < 1.29 is 8.81 Å². The molecule has 1 aliphatic rings. The van der Waals surface area contributed by atoms with Gasteiger partial charge in [-0.3, -0.25) is 4.90 Å². The van der Waals surface area contributed by atoms with Crippen LogP contribution in [0, 0.1) is 5.82 Å². The maximum absolute atomic E-state index is 14.3. The molecular formula is C24H27FN6O. The molecule has 1 aliphatic heterocycles. The van der Waals surface area contributed by atoms with Gasteiger partial charge in [0.2, 0.25) is 0 Å². The van der Waals surface area contributed by atoms with Crippen LogP contribution in [0.15, 0.2) is 59.0 Å². The molecule has 32 heavy (non-hydrogen) atoms. The first kappa shape index (κ1) is 20.6. The number of rotatable bonds is 7. The molecule has 0 amide bonds. The molecule has 0 radical (unpaired) electrons. The molecule has 2 aromatic heterocycles. The highest BCUT2D eigenvalue weighted by atomic mass is 19.1. The van der Waals surface area contributed by atoms with Crippen LogP contribution < -0.4 is 4.90 Å². The fraction of sp³-hybridized carbons (Fsp3) is 0.375. The smallest absolute Gasteiger partial charge is 0.176 e. The quantitative estimate of drug-likeness (QED) is 0.433. The number of hydrogen-bond donors (Lipinski definition) is 0. The van der Waals surface area contributed by atoms with Crippen LogP contribution in [-0.2, 0) is 6.54 Å². The number of piperazine rings is 1. The molecule has 0 spiro atoms. The molecule has 166 valence electrons. The van der Waals surface area contributed by atoms with Crippen LogP contribution in [-0.4, -0.2) is 51.3 Å². The van der Waals surface area contributed by atoms with Crippen molar-refractivity contribution in [3.8, 4) is 0 Å². The van der Waals surface area contributed by atoms with E-state index in [2.05, 4.69) is 44.4 Å². The lowest BCUT2D eigenvalue weighted by Crippen LogP contribution is -2.48. The summed E-state index contributed by atoms with van der Waals surface area (Å²) in [4.78, 5) is 4.44. The monoisotopic (exact) mass is 434 g/mol. The molecule has 1 atom stereocenters. The largest absolute Gasteiger partial charge is 0.459 e. The molecule has 0 saturated carbocycles. The van der Waals surface area contributed by atoms with Gasteiger partial charge in [0.1, 0.15) is 23.2 Å². The van der Waals surface area contributed by atoms with Crippen LogP contribution in [0.25, 0.3) is 11.0 Å². The van der Waals surface area contributed by atoms with E-state index in [-0.39, 0.29) is 11.9 Å². The maximum atomic E-state index is 14.3. The zero-order valence-electron chi connectivity index (χ0n) is 18.2. The van der Waals surface area contributed by atoms with Gasteiger partial charge in [-0.1, -0.05) is 43.7 Å². The van der Waals surface area contributed by atoms with E-state index in [1.807, 2.05) is 35.0 Å². The third kappa shape index (κ3) is 3.98. The second kappa shape index (κ2) is 9.08. The number of furan rings is 1. The molecule has 2 aromatic carbocycles. The van der Waals surface area contributed by atoms with Gasteiger partial charge in [-0.2, -0.15) is 0 Å². The van der Waals surface area contributed by atoms with Crippen molar-refractivity contribution in [2.75, 3.05) is 31.1 Å². The van der Waals surface area contributed by atoms with Gasteiger partial charge < -0.3 is 9.32 Å². The zero-order chi connectivity index (χ0) is 21.9. The Labute approximate surface area is 186 Å². The van der Waals surface area contributed by atoms with Crippen LogP contribution in [0.3, 0.4) is 0 Å². The summed E-state index contributed by atoms with van der Waals surface area (Å²) in [6.07, 6.45) is 2.07. The topological polar surface area (TPSA) is 63.2 Å². The van der Waals surface area contributed by atoms with Gasteiger partial charge in [0.15, 0.2) is 5.82 Å². The molecule has 1 fully saturated rings. The molecule has 0 aliphatic carbocycles. The first-order valence-corrected chi connectivity index (χ1v) is 11.2. The number of halogens is 1. The van der Waals surface area contributed by atoms with Crippen LogP contribution in [0.5, 0.6) is 0 Å². The Morgan fingerprint density at radius 3 is 2.59 bits per heavy atom. The van der Waals surface area contributed by atoms with E-state index < -0.39 is 0 Å². The van der Waals surface area contributed by atoms with Crippen molar-refractivity contribution >= 4 is 16.7 Å². The fourth-order valence-electron chi connectivity index (χ4n) is 4.41. The van der Waals surface area contributed by atoms with Crippen LogP contribution >= 0.6 is 0 Å². The number of unbranched alkanes of at least 4 members (excludes halogenated alkanes) is 1. The standard InChI is InChI=1S/C24H27FN6O/c1-2-3-12-31-24(26-27-28-31)23(22-17-18-8-4-7-11-21(18)32-22)30-15-13-29(14-16-30)20-10-6-5-9-19(20)25/h4-11,17,23H,2-3,12-16H2,1H3. The average molecular weight is 435 g/mol. The number of aromatic nitrogens is 4. The Hall–Kier alpha value is -3.26. The average Bonchev–Trinajstić information content (AvgIpc) is 3.46. The predicted molar refractivity (Wildman–Crippen MR) is 121 cm³/mol. The minimum Gasteiger partial charge on any atom is -0.459 e. The highest BCUT2D eigenvalue weighted by molar-refractivity contribution is 5.77. The van der Waals surface area contributed by atoms with Crippen molar-refractivity contribution in [1.82, 2.24) is 25.1 Å². The molecule has 4 aromatic rings. The second-order valence-electron chi connectivity index (χ2n) is 8.18. The van der Waals surface area contributed by atoms with Gasteiger partial charge in [-0.05, 0) is 41.1 Å². The Kier molecular flexibility index (Phi) is 5.85. The number of benzene rings is 2. The molecule has 8 heteroatoms. The van der Waals surface area contributed by atoms with Gasteiger partial charge in [0.05, 0.1) is 5.69 Å². The molecule has 3 heterocycles. The number of hydrogen-bond acceptors (Lipinski definition) is 6. The molecule has 1 saturated heterocycles. The lowest BCUT2D eigenvalue weighted by Gasteiger charge is -2.39. The van der Waals surface area contributed by atoms with E-state index in [0.29, 0.717) is 18.8 Å². The van der Waals surface area contributed by atoms with Gasteiger partial charge in [0, 0.05) is 38.1 Å². The number of nitrogens with zero attached hydrogens (tertiary/aromatic N) is 6. The SMILES string of the molecule is CCCCn1nnnc1C(c1cc2ccccc2o1)N1CCN(c2ccccc2F)CC1. The molecular weight excluding hydrogens is 407 g/mol. The van der Waals surface area contributed by atoms with E-state index in [0.717, 1.165) is 55.0 Å². The van der Waals surface area contributed by atoms with Gasteiger partial charge in [-0.25, -0.2) is 9.07 Å². The summed E-state index contributed by atoms with van der Waals surface area (Å²) in [7, 11) is 0. The first-order valence-electron chi connectivity index (χ1n) is 11.2. The fourth-order valence-corrected chi connectivity index (χ4v) is 4.41. The number of tetrazole rings is 1.